The molecule has 13 heteroatoms. The van der Waals surface area contributed by atoms with Crippen molar-refractivity contribution in [1.82, 2.24) is 24.6 Å². The van der Waals surface area contributed by atoms with Gasteiger partial charge in [0.05, 0.1) is 28.5 Å². The highest BCUT2D eigenvalue weighted by atomic mass is 35.5. The van der Waals surface area contributed by atoms with Crippen LogP contribution in [-0.2, 0) is 18.3 Å². The molecule has 1 aliphatic carbocycles. The summed E-state index contributed by atoms with van der Waals surface area (Å²) >= 11 is 13.7. The highest BCUT2D eigenvalue weighted by molar-refractivity contribution is 6.39. The summed E-state index contributed by atoms with van der Waals surface area (Å²) in [6.45, 7) is 4.48. The zero-order chi connectivity index (χ0) is 32.7. The van der Waals surface area contributed by atoms with E-state index in [1.54, 1.807) is 38.3 Å². The quantitative estimate of drug-likeness (QED) is 0.295. The normalized spacial score (nSPS) is 16.3. The molecule has 2 aromatic carbocycles. The predicted molar refractivity (Wildman–Crippen MR) is 174 cm³/mol. The van der Waals surface area contributed by atoms with Crippen LogP contribution in [0.5, 0.6) is 5.88 Å². The number of nitrogens with one attached hydrogen (secondary N) is 1. The number of amides is 2. The number of piperazine rings is 1. The highest BCUT2D eigenvalue weighted by Gasteiger charge is 2.35. The van der Waals surface area contributed by atoms with Crippen LogP contribution in [-0.4, -0.2) is 69.7 Å². The average molecular weight is 666 g/mol. The number of hydrogen-bond acceptors (Lipinski definition) is 7. The number of ether oxygens (including phenoxy) is 1. The Hall–Kier alpha value is -4.32. The summed E-state index contributed by atoms with van der Waals surface area (Å²) < 4.78 is 22.4. The standard InChI is InChI=1S/C33H31Cl2FN6O4/c1-18(43)41-13-15-42(16-14-41)26-10-7-19-17-25(39-32(46-3)27(19)26)20-8-9-23(36)28(30(20)35)21-5-4-6-24(29(21)34)38-31(44)22-11-12-37-40(2)33(22)45/h4-6,8-9,11-12,17,26H,7,10,13-16H2,1-3H3,(H,38,44). The first-order valence-electron chi connectivity index (χ1n) is 14.8. The number of methoxy groups -OCH3 is 1. The molecule has 1 aliphatic heterocycles. The Balaban J connectivity index is 1.33. The van der Waals surface area contributed by atoms with Crippen molar-refractivity contribution in [3.05, 3.63) is 91.6 Å². The fraction of sp³-hybridized carbons (Fsp3) is 0.303. The Morgan fingerprint density at radius 1 is 1.04 bits per heavy atom. The molecule has 2 aromatic heterocycles. The van der Waals surface area contributed by atoms with Gasteiger partial charge in [-0.25, -0.2) is 14.1 Å². The number of fused-ring (bicyclic) bond motifs is 1. The van der Waals surface area contributed by atoms with Gasteiger partial charge in [-0.1, -0.05) is 35.3 Å². The van der Waals surface area contributed by atoms with Crippen molar-refractivity contribution in [3.8, 4) is 28.3 Å². The molecular formula is C33H31Cl2FN6O4. The molecule has 4 aromatic rings. The van der Waals surface area contributed by atoms with Crippen molar-refractivity contribution in [3.63, 3.8) is 0 Å². The lowest BCUT2D eigenvalue weighted by molar-refractivity contribution is -0.130. The number of pyridine rings is 1. The van der Waals surface area contributed by atoms with Gasteiger partial charge < -0.3 is 15.0 Å². The minimum atomic E-state index is -0.684. The van der Waals surface area contributed by atoms with Crippen molar-refractivity contribution in [2.45, 2.75) is 25.8 Å². The third kappa shape index (κ3) is 5.74. The molecule has 0 radical (unpaired) electrons. The highest BCUT2D eigenvalue weighted by Crippen LogP contribution is 2.46. The van der Waals surface area contributed by atoms with Gasteiger partial charge in [-0.05, 0) is 48.7 Å². The molecule has 0 spiro atoms. The van der Waals surface area contributed by atoms with Gasteiger partial charge in [0, 0.05) is 74.6 Å². The molecule has 0 saturated carbocycles. The Kier molecular flexibility index (Phi) is 8.82. The maximum atomic E-state index is 15.5. The van der Waals surface area contributed by atoms with Crippen molar-refractivity contribution in [2.24, 2.45) is 7.05 Å². The zero-order valence-corrected chi connectivity index (χ0v) is 27.0. The Labute approximate surface area is 274 Å². The molecule has 1 atom stereocenters. The van der Waals surface area contributed by atoms with E-state index in [2.05, 4.69) is 15.3 Å². The monoisotopic (exact) mass is 664 g/mol. The SMILES string of the molecule is COc1nc(-c2ccc(F)c(-c3cccc(NC(=O)c4ccnn(C)c4=O)c3Cl)c2Cl)cc2c1C(N1CCN(C(C)=O)CC1)CC2. The van der Waals surface area contributed by atoms with Gasteiger partial charge in [-0.15, -0.1) is 0 Å². The van der Waals surface area contributed by atoms with Gasteiger partial charge in [0.1, 0.15) is 11.4 Å². The zero-order valence-electron chi connectivity index (χ0n) is 25.4. The smallest absolute Gasteiger partial charge is 0.279 e. The molecule has 3 heterocycles. The first-order valence-corrected chi connectivity index (χ1v) is 15.5. The second-order valence-electron chi connectivity index (χ2n) is 11.3. The number of aryl methyl sites for hydroxylation is 2. The Morgan fingerprint density at radius 2 is 1.80 bits per heavy atom. The van der Waals surface area contributed by atoms with Crippen LogP contribution in [0.2, 0.25) is 10.0 Å². The third-order valence-corrected chi connectivity index (χ3v) is 9.46. The van der Waals surface area contributed by atoms with Gasteiger partial charge in [-0.3, -0.25) is 19.3 Å². The summed E-state index contributed by atoms with van der Waals surface area (Å²) in [5, 5.41) is 6.62. The van der Waals surface area contributed by atoms with E-state index in [-0.39, 0.29) is 44.4 Å². The molecule has 2 aliphatic rings. The molecule has 6 rings (SSSR count). The lowest BCUT2D eigenvalue weighted by Gasteiger charge is -2.38. The molecule has 238 valence electrons. The number of carbonyl (C=O) groups is 2. The van der Waals surface area contributed by atoms with E-state index in [4.69, 9.17) is 32.9 Å². The van der Waals surface area contributed by atoms with Gasteiger partial charge in [0.2, 0.25) is 11.8 Å². The van der Waals surface area contributed by atoms with Crippen LogP contribution in [0.1, 0.15) is 40.9 Å². The summed E-state index contributed by atoms with van der Waals surface area (Å²) in [5.41, 5.74) is 2.89. The summed E-state index contributed by atoms with van der Waals surface area (Å²) in [5.74, 6) is -0.729. The van der Waals surface area contributed by atoms with Crippen LogP contribution in [0, 0.1) is 5.82 Å². The third-order valence-electron chi connectivity index (χ3n) is 8.66. The number of rotatable bonds is 6. The molecule has 10 nitrogen and oxygen atoms in total. The first kappa shape index (κ1) is 31.7. The number of halogens is 3. The lowest BCUT2D eigenvalue weighted by Crippen LogP contribution is -2.48. The van der Waals surface area contributed by atoms with Gasteiger partial charge in [0.15, 0.2) is 0 Å². The van der Waals surface area contributed by atoms with Crippen molar-refractivity contribution < 1.29 is 18.7 Å². The van der Waals surface area contributed by atoms with E-state index in [9.17, 15) is 14.4 Å². The van der Waals surface area contributed by atoms with Crippen molar-refractivity contribution in [1.29, 1.82) is 0 Å². The second kappa shape index (κ2) is 12.8. The fourth-order valence-electron chi connectivity index (χ4n) is 6.28. The van der Waals surface area contributed by atoms with Gasteiger partial charge in [-0.2, -0.15) is 5.10 Å². The predicted octanol–water partition coefficient (Wildman–Crippen LogP) is 5.37. The largest absolute Gasteiger partial charge is 0.481 e. The van der Waals surface area contributed by atoms with E-state index < -0.39 is 17.3 Å². The topological polar surface area (TPSA) is 110 Å². The van der Waals surface area contributed by atoms with Crippen molar-refractivity contribution in [2.75, 3.05) is 38.6 Å². The second-order valence-corrected chi connectivity index (χ2v) is 12.0. The van der Waals surface area contributed by atoms with E-state index in [1.165, 1.54) is 25.4 Å². The molecule has 1 saturated heterocycles. The van der Waals surface area contributed by atoms with E-state index in [0.717, 1.165) is 41.7 Å². The maximum Gasteiger partial charge on any atom is 0.279 e. The summed E-state index contributed by atoms with van der Waals surface area (Å²) in [7, 11) is 3.02. The molecule has 2 amide bonds. The number of hydrogen-bond donors (Lipinski definition) is 1. The minimum Gasteiger partial charge on any atom is -0.481 e. The molecule has 1 fully saturated rings. The summed E-state index contributed by atoms with van der Waals surface area (Å²) in [4.78, 5) is 46.2. The maximum absolute atomic E-state index is 15.5. The van der Waals surface area contributed by atoms with Crippen molar-refractivity contribution >= 4 is 40.7 Å². The fourth-order valence-corrected chi connectivity index (χ4v) is 6.90. The minimum absolute atomic E-state index is 0.0441. The number of benzene rings is 2. The van der Waals surface area contributed by atoms with Crippen LogP contribution in [0.4, 0.5) is 10.1 Å². The van der Waals surface area contributed by atoms with Crippen LogP contribution in [0.25, 0.3) is 22.4 Å². The van der Waals surface area contributed by atoms with Crippen LogP contribution >= 0.6 is 23.2 Å². The van der Waals surface area contributed by atoms with E-state index in [0.29, 0.717) is 30.2 Å². The molecule has 1 unspecified atom stereocenters. The first-order chi connectivity index (χ1) is 22.1. The molecule has 0 bridgehead atoms. The number of aromatic nitrogens is 3. The van der Waals surface area contributed by atoms with Gasteiger partial charge >= 0.3 is 0 Å². The van der Waals surface area contributed by atoms with Crippen LogP contribution in [0.15, 0.2) is 53.5 Å². The Bertz CT molecular complexity index is 1930. The summed E-state index contributed by atoms with van der Waals surface area (Å²) in [6, 6.07) is 11.0. The Morgan fingerprint density at radius 3 is 2.52 bits per heavy atom. The summed E-state index contributed by atoms with van der Waals surface area (Å²) in [6.07, 6.45) is 3.03. The van der Waals surface area contributed by atoms with E-state index in [1.807, 2.05) is 11.0 Å². The number of nitrogens with zero attached hydrogens (tertiary/aromatic N) is 5. The van der Waals surface area contributed by atoms with Crippen LogP contribution in [0.3, 0.4) is 0 Å². The molecule has 46 heavy (non-hydrogen) atoms. The lowest BCUT2D eigenvalue weighted by atomic mass is 9.98. The van der Waals surface area contributed by atoms with E-state index >= 15 is 4.39 Å². The van der Waals surface area contributed by atoms with Crippen LogP contribution < -0.4 is 15.6 Å². The molecular weight excluding hydrogens is 634 g/mol. The number of anilines is 1. The number of carbonyl (C=O) groups excluding carboxylic acids is 2. The average Bonchev–Trinajstić information content (AvgIpc) is 3.48. The molecule has 1 N–H and O–H groups in total. The van der Waals surface area contributed by atoms with Gasteiger partial charge in [0.25, 0.3) is 11.5 Å².